The molecule has 1 aliphatic heterocycles. The molecule has 2 aromatic heterocycles. The van der Waals surface area contributed by atoms with E-state index in [9.17, 15) is 4.79 Å². The van der Waals surface area contributed by atoms with E-state index < -0.39 is 0 Å². The van der Waals surface area contributed by atoms with E-state index in [1.54, 1.807) is 17.7 Å². The second-order valence-electron chi connectivity index (χ2n) is 5.66. The van der Waals surface area contributed by atoms with Gasteiger partial charge in [0.2, 0.25) is 5.91 Å². The highest BCUT2D eigenvalue weighted by Crippen LogP contribution is 2.36. The van der Waals surface area contributed by atoms with Crippen molar-refractivity contribution >= 4 is 39.2 Å². The highest BCUT2D eigenvalue weighted by molar-refractivity contribution is 8.00. The monoisotopic (exact) mass is 371 g/mol. The Morgan fingerprint density at radius 3 is 2.80 bits per heavy atom. The fourth-order valence-corrected chi connectivity index (χ4v) is 4.67. The number of carbonyl (C=O) groups excluding carboxylic acids is 1. The Labute approximate surface area is 154 Å². The topological polar surface area (TPSA) is 55.3 Å². The van der Waals surface area contributed by atoms with Gasteiger partial charge in [0.05, 0.1) is 19.0 Å². The molecule has 0 aliphatic carbocycles. The quantitative estimate of drug-likeness (QED) is 0.520. The van der Waals surface area contributed by atoms with E-state index in [2.05, 4.69) is 28.2 Å². The van der Waals surface area contributed by atoms with Crippen molar-refractivity contribution in [2.75, 3.05) is 32.1 Å². The molecule has 7 heteroatoms. The Morgan fingerprint density at radius 2 is 2.00 bits per heavy atom. The lowest BCUT2D eigenvalue weighted by Crippen LogP contribution is -2.41. The third kappa shape index (κ3) is 3.68. The van der Waals surface area contributed by atoms with Crippen LogP contribution in [0.2, 0.25) is 0 Å². The van der Waals surface area contributed by atoms with Crippen LogP contribution in [-0.4, -0.2) is 52.8 Å². The zero-order valence-electron chi connectivity index (χ0n) is 13.6. The number of hydrogen-bond donors (Lipinski definition) is 0. The fraction of sp³-hybridized carbons (Fsp3) is 0.278. The van der Waals surface area contributed by atoms with Crippen molar-refractivity contribution in [2.24, 2.45) is 0 Å². The normalized spacial score (nSPS) is 14.8. The zero-order chi connectivity index (χ0) is 17.1. The average Bonchev–Trinajstić information content (AvgIpc) is 3.12. The molecule has 4 rings (SSSR count). The van der Waals surface area contributed by atoms with Gasteiger partial charge in [-0.1, -0.05) is 42.1 Å². The van der Waals surface area contributed by atoms with Crippen LogP contribution < -0.4 is 0 Å². The van der Waals surface area contributed by atoms with Gasteiger partial charge in [-0.05, 0) is 11.6 Å². The maximum Gasteiger partial charge on any atom is 0.233 e. The maximum absolute atomic E-state index is 12.3. The molecule has 5 nitrogen and oxygen atoms in total. The van der Waals surface area contributed by atoms with Crippen molar-refractivity contribution in [1.29, 1.82) is 0 Å². The minimum absolute atomic E-state index is 0.138. The molecule has 1 fully saturated rings. The second-order valence-corrected chi connectivity index (χ2v) is 7.65. The first-order valence-electron chi connectivity index (χ1n) is 8.09. The number of morpholine rings is 1. The van der Waals surface area contributed by atoms with Crippen LogP contribution in [0.5, 0.6) is 0 Å². The van der Waals surface area contributed by atoms with Gasteiger partial charge >= 0.3 is 0 Å². The van der Waals surface area contributed by atoms with E-state index in [0.29, 0.717) is 32.1 Å². The summed E-state index contributed by atoms with van der Waals surface area (Å²) in [7, 11) is 0. The Morgan fingerprint density at radius 1 is 1.20 bits per heavy atom. The van der Waals surface area contributed by atoms with Crippen LogP contribution in [0, 0.1) is 0 Å². The first-order valence-corrected chi connectivity index (χ1v) is 9.90. The van der Waals surface area contributed by atoms with E-state index in [1.807, 2.05) is 23.1 Å². The van der Waals surface area contributed by atoms with Crippen molar-refractivity contribution in [3.05, 3.63) is 42.7 Å². The number of thiophene rings is 1. The third-order valence-electron chi connectivity index (χ3n) is 4.05. The Kier molecular flexibility index (Phi) is 4.96. The predicted octanol–water partition coefficient (Wildman–Crippen LogP) is 3.31. The number of amides is 1. The highest BCUT2D eigenvalue weighted by atomic mass is 32.2. The standard InChI is InChI=1S/C18H17N3O2S2/c22-16(21-6-8-23-9-7-21)11-24-17-14-10-15(13-4-2-1-3-5-13)25-18(14)20-12-19-17/h1-5,10,12H,6-9,11H2. The van der Waals surface area contributed by atoms with Crippen molar-refractivity contribution in [2.45, 2.75) is 5.03 Å². The van der Waals surface area contributed by atoms with Crippen LogP contribution in [0.1, 0.15) is 0 Å². The third-order valence-corrected chi connectivity index (χ3v) is 6.13. The predicted molar refractivity (Wildman–Crippen MR) is 101 cm³/mol. The van der Waals surface area contributed by atoms with Crippen LogP contribution in [0.4, 0.5) is 0 Å². The van der Waals surface area contributed by atoms with Gasteiger partial charge in [0, 0.05) is 23.4 Å². The van der Waals surface area contributed by atoms with Crippen molar-refractivity contribution in [3.8, 4) is 10.4 Å². The van der Waals surface area contributed by atoms with Crippen LogP contribution in [-0.2, 0) is 9.53 Å². The number of aromatic nitrogens is 2. The lowest BCUT2D eigenvalue weighted by Gasteiger charge is -2.26. The summed E-state index contributed by atoms with van der Waals surface area (Å²) in [5.74, 6) is 0.529. The largest absolute Gasteiger partial charge is 0.378 e. The molecule has 0 atom stereocenters. The molecule has 0 bridgehead atoms. The average molecular weight is 371 g/mol. The first-order chi connectivity index (χ1) is 12.3. The number of nitrogens with zero attached hydrogens (tertiary/aromatic N) is 3. The van der Waals surface area contributed by atoms with Crippen LogP contribution in [0.15, 0.2) is 47.8 Å². The van der Waals surface area contributed by atoms with E-state index >= 15 is 0 Å². The molecule has 1 aliphatic rings. The number of hydrogen-bond acceptors (Lipinski definition) is 6. The zero-order valence-corrected chi connectivity index (χ0v) is 15.2. The van der Waals surface area contributed by atoms with Crippen LogP contribution >= 0.6 is 23.1 Å². The number of fused-ring (bicyclic) bond motifs is 1. The molecule has 0 saturated carbocycles. The molecule has 0 N–H and O–H groups in total. The van der Waals surface area contributed by atoms with Crippen molar-refractivity contribution in [1.82, 2.24) is 14.9 Å². The van der Waals surface area contributed by atoms with Crippen molar-refractivity contribution < 1.29 is 9.53 Å². The second kappa shape index (κ2) is 7.51. The Hall–Kier alpha value is -1.96. The van der Waals surface area contributed by atoms with Crippen molar-refractivity contribution in [3.63, 3.8) is 0 Å². The highest BCUT2D eigenvalue weighted by Gasteiger charge is 2.18. The van der Waals surface area contributed by atoms with E-state index in [0.717, 1.165) is 20.1 Å². The summed E-state index contributed by atoms with van der Waals surface area (Å²) in [5.41, 5.74) is 1.17. The molecule has 3 heterocycles. The summed E-state index contributed by atoms with van der Waals surface area (Å²) in [6, 6.07) is 12.4. The number of rotatable bonds is 4. The Bertz CT molecular complexity index is 876. The molecule has 128 valence electrons. The first kappa shape index (κ1) is 16.5. The summed E-state index contributed by atoms with van der Waals surface area (Å²) in [4.78, 5) is 25.1. The molecular formula is C18H17N3O2S2. The number of thioether (sulfide) groups is 1. The van der Waals surface area contributed by atoms with Gasteiger partial charge in [-0.15, -0.1) is 11.3 Å². The van der Waals surface area contributed by atoms with Gasteiger partial charge in [0.15, 0.2) is 0 Å². The van der Waals surface area contributed by atoms with E-state index in [1.165, 1.54) is 17.3 Å². The molecule has 0 spiro atoms. The summed E-state index contributed by atoms with van der Waals surface area (Å²) < 4.78 is 5.30. The summed E-state index contributed by atoms with van der Waals surface area (Å²) in [6.45, 7) is 2.60. The smallest absolute Gasteiger partial charge is 0.233 e. The van der Waals surface area contributed by atoms with Gasteiger partial charge in [0.25, 0.3) is 0 Å². The molecule has 1 amide bonds. The SMILES string of the molecule is O=C(CSc1ncnc2sc(-c3ccccc3)cc12)N1CCOCC1. The molecule has 0 unspecified atom stereocenters. The Balaban J connectivity index is 1.53. The van der Waals surface area contributed by atoms with Gasteiger partial charge in [-0.3, -0.25) is 4.79 Å². The molecule has 3 aromatic rings. The fourth-order valence-electron chi connectivity index (χ4n) is 2.73. The van der Waals surface area contributed by atoms with E-state index in [-0.39, 0.29) is 5.91 Å². The lowest BCUT2D eigenvalue weighted by atomic mass is 10.2. The van der Waals surface area contributed by atoms with E-state index in [4.69, 9.17) is 4.74 Å². The van der Waals surface area contributed by atoms with Gasteiger partial charge < -0.3 is 9.64 Å². The molecular weight excluding hydrogens is 354 g/mol. The minimum atomic E-state index is 0.138. The molecule has 25 heavy (non-hydrogen) atoms. The molecule has 1 saturated heterocycles. The number of benzene rings is 1. The molecule has 0 radical (unpaired) electrons. The number of ether oxygens (including phenoxy) is 1. The van der Waals surface area contributed by atoms with Crippen LogP contribution in [0.3, 0.4) is 0 Å². The summed E-state index contributed by atoms with van der Waals surface area (Å²) >= 11 is 3.13. The van der Waals surface area contributed by atoms with Gasteiger partial charge in [-0.25, -0.2) is 9.97 Å². The maximum atomic E-state index is 12.3. The van der Waals surface area contributed by atoms with Crippen LogP contribution in [0.25, 0.3) is 20.7 Å². The lowest BCUT2D eigenvalue weighted by molar-refractivity contribution is -0.132. The van der Waals surface area contributed by atoms with Gasteiger partial charge in [0.1, 0.15) is 16.2 Å². The summed E-state index contributed by atoms with van der Waals surface area (Å²) in [6.07, 6.45) is 1.58. The number of carbonyl (C=O) groups is 1. The molecule has 1 aromatic carbocycles. The summed E-state index contributed by atoms with van der Waals surface area (Å²) in [5, 5.41) is 1.89. The van der Waals surface area contributed by atoms with Gasteiger partial charge in [-0.2, -0.15) is 0 Å². The minimum Gasteiger partial charge on any atom is -0.378 e.